The number of nitrogens with one attached hydrogen (secondary N) is 4. The maximum Gasteiger partial charge on any atom is 0.408 e. The molecular formula is C25H31N9O8. The number of H-pyrrole nitrogens is 1. The average Bonchev–Trinajstić information content (AvgIpc) is 3.67. The summed E-state index contributed by atoms with van der Waals surface area (Å²) in [5, 5.41) is 26.9. The molecule has 17 nitrogen and oxygen atoms in total. The van der Waals surface area contributed by atoms with Gasteiger partial charge >= 0.3 is 12.1 Å². The van der Waals surface area contributed by atoms with Gasteiger partial charge in [0.1, 0.15) is 24.7 Å². The molecule has 3 atom stereocenters. The maximum absolute atomic E-state index is 13.3. The monoisotopic (exact) mass is 585 g/mol. The van der Waals surface area contributed by atoms with E-state index in [1.54, 1.807) is 38.1 Å². The highest BCUT2D eigenvalue weighted by Crippen LogP contribution is 2.08. The van der Waals surface area contributed by atoms with Gasteiger partial charge in [-0.1, -0.05) is 49.0 Å². The first-order valence-electron chi connectivity index (χ1n) is 12.8. The molecule has 1 aromatic carbocycles. The number of hydrogen-bond donors (Lipinski definition) is 5. The van der Waals surface area contributed by atoms with Crippen molar-refractivity contribution in [2.45, 2.75) is 51.4 Å². The molecule has 0 fully saturated rings. The number of hydrogen-bond acceptors (Lipinski definition) is 11. The second-order valence-corrected chi connectivity index (χ2v) is 9.38. The summed E-state index contributed by atoms with van der Waals surface area (Å²) in [6.45, 7) is 2.72. The molecule has 0 aliphatic carbocycles. The summed E-state index contributed by atoms with van der Waals surface area (Å²) in [6.07, 6.45) is 2.21. The van der Waals surface area contributed by atoms with E-state index in [0.29, 0.717) is 5.69 Å². The first kappa shape index (κ1) is 31.2. The van der Waals surface area contributed by atoms with E-state index in [-0.39, 0.29) is 13.0 Å². The fraction of sp³-hybridized carbons (Fsp3) is 0.400. The topological polar surface area (TPSA) is 232 Å². The first-order chi connectivity index (χ1) is 20.1. The van der Waals surface area contributed by atoms with Crippen LogP contribution in [0.1, 0.15) is 31.5 Å². The number of nitrogens with zero attached hydrogens (tertiary/aromatic N) is 5. The Hall–Kier alpha value is -5.35. The van der Waals surface area contributed by atoms with Crippen LogP contribution in [0.15, 0.2) is 49.2 Å². The lowest BCUT2D eigenvalue weighted by Gasteiger charge is -2.26. The van der Waals surface area contributed by atoms with Gasteiger partial charge in [0.25, 0.3) is 0 Å². The van der Waals surface area contributed by atoms with E-state index in [1.165, 1.54) is 12.5 Å². The van der Waals surface area contributed by atoms with Crippen LogP contribution in [-0.4, -0.2) is 89.8 Å². The number of amides is 3. The van der Waals surface area contributed by atoms with Crippen LogP contribution < -0.4 is 20.8 Å². The van der Waals surface area contributed by atoms with Crippen LogP contribution in [0, 0.1) is 5.92 Å². The summed E-state index contributed by atoms with van der Waals surface area (Å²) in [7, 11) is 0. The number of ether oxygens (including phenoxy) is 1. The summed E-state index contributed by atoms with van der Waals surface area (Å²) < 4.78 is 5.22. The number of aromatic nitrogens is 6. The van der Waals surface area contributed by atoms with Gasteiger partial charge in [-0.3, -0.25) is 19.2 Å². The van der Waals surface area contributed by atoms with Crippen molar-refractivity contribution in [1.82, 2.24) is 46.3 Å². The van der Waals surface area contributed by atoms with Crippen molar-refractivity contribution in [2.24, 2.45) is 5.92 Å². The van der Waals surface area contributed by atoms with Gasteiger partial charge < -0.3 is 35.6 Å². The largest absolute Gasteiger partial charge is 0.481 e. The summed E-state index contributed by atoms with van der Waals surface area (Å²) >= 11 is 0. The molecule has 0 aliphatic heterocycles. The first-order valence-corrected chi connectivity index (χ1v) is 12.8. The Morgan fingerprint density at radius 1 is 1.02 bits per heavy atom. The molecular weight excluding hydrogens is 554 g/mol. The van der Waals surface area contributed by atoms with Crippen LogP contribution in [0.4, 0.5) is 4.79 Å². The van der Waals surface area contributed by atoms with Crippen LogP contribution in [0.5, 0.6) is 0 Å². The number of alkyl carbamates (subject to hydrolysis) is 1. The van der Waals surface area contributed by atoms with Crippen LogP contribution in [0.25, 0.3) is 0 Å². The molecule has 0 bridgehead atoms. The number of carboxylic acid groups (broad SMARTS) is 1. The number of ketones is 1. The van der Waals surface area contributed by atoms with Crippen LogP contribution in [0.2, 0.25) is 0 Å². The zero-order chi connectivity index (χ0) is 30.5. The molecule has 3 amide bonds. The average molecular weight is 586 g/mol. The second kappa shape index (κ2) is 15.4. The van der Waals surface area contributed by atoms with E-state index in [2.05, 4.69) is 41.4 Å². The zero-order valence-electron chi connectivity index (χ0n) is 22.8. The van der Waals surface area contributed by atoms with Crippen molar-refractivity contribution in [1.29, 1.82) is 0 Å². The van der Waals surface area contributed by atoms with E-state index in [0.717, 1.165) is 16.7 Å². The Labute approximate surface area is 239 Å². The molecule has 0 saturated heterocycles. The number of tetrazole rings is 1. The maximum atomic E-state index is 13.3. The number of Topliss-reactive ketones (excluding diaryl/α,β-unsaturated/α-hetero) is 1. The lowest BCUT2D eigenvalue weighted by molar-refractivity contribution is -0.141. The lowest BCUT2D eigenvalue weighted by Crippen LogP contribution is -2.58. The molecule has 17 heteroatoms. The van der Waals surface area contributed by atoms with Gasteiger partial charge in [0.05, 0.1) is 12.7 Å². The number of benzene rings is 1. The molecule has 2 aromatic heterocycles. The van der Waals surface area contributed by atoms with Crippen LogP contribution >= 0.6 is 0 Å². The quantitative estimate of drug-likeness (QED) is 0.137. The van der Waals surface area contributed by atoms with Crippen molar-refractivity contribution in [3.8, 4) is 0 Å². The van der Waals surface area contributed by atoms with Crippen LogP contribution in [0.3, 0.4) is 0 Å². The molecule has 224 valence electrons. The highest BCUT2D eigenvalue weighted by molar-refractivity contribution is 5.96. The number of carbonyl (C=O) groups is 5. The molecule has 0 aliphatic rings. The molecule has 5 N–H and O–H groups in total. The van der Waals surface area contributed by atoms with Gasteiger partial charge in [0, 0.05) is 18.3 Å². The minimum absolute atomic E-state index is 0.0138. The number of carbonyl (C=O) groups excluding carboxylic acids is 4. The van der Waals surface area contributed by atoms with Crippen LogP contribution in [-0.2, 0) is 36.9 Å². The third-order valence-electron chi connectivity index (χ3n) is 5.80. The van der Waals surface area contributed by atoms with Crippen molar-refractivity contribution >= 4 is 29.7 Å². The Balaban J connectivity index is 1.69. The van der Waals surface area contributed by atoms with Crippen molar-refractivity contribution in [3.63, 3.8) is 0 Å². The Bertz CT molecular complexity index is 1320. The number of carboxylic acids is 1. The summed E-state index contributed by atoms with van der Waals surface area (Å²) in [5.74, 6) is -4.10. The van der Waals surface area contributed by atoms with E-state index < -0.39 is 66.7 Å². The molecule has 0 radical (unpaired) electrons. The summed E-state index contributed by atoms with van der Waals surface area (Å²) in [6, 6.07) is 5.08. The zero-order valence-corrected chi connectivity index (χ0v) is 22.8. The third-order valence-corrected chi connectivity index (χ3v) is 5.80. The minimum Gasteiger partial charge on any atom is -0.481 e. The van der Waals surface area contributed by atoms with Gasteiger partial charge in [0.2, 0.25) is 11.8 Å². The second-order valence-electron chi connectivity index (χ2n) is 9.38. The predicted molar refractivity (Wildman–Crippen MR) is 141 cm³/mol. The molecule has 0 saturated carbocycles. The number of rotatable bonds is 16. The van der Waals surface area contributed by atoms with Crippen molar-refractivity contribution in [3.05, 3.63) is 60.4 Å². The van der Waals surface area contributed by atoms with Gasteiger partial charge in [0.15, 0.2) is 18.7 Å². The van der Waals surface area contributed by atoms with E-state index in [9.17, 15) is 29.1 Å². The van der Waals surface area contributed by atoms with E-state index in [4.69, 9.17) is 9.57 Å². The van der Waals surface area contributed by atoms with Gasteiger partial charge in [-0.25, -0.2) is 9.78 Å². The Morgan fingerprint density at radius 3 is 2.38 bits per heavy atom. The summed E-state index contributed by atoms with van der Waals surface area (Å²) in [4.78, 5) is 75.8. The minimum atomic E-state index is -1.50. The molecule has 42 heavy (non-hydrogen) atoms. The Kier molecular flexibility index (Phi) is 11.5. The lowest BCUT2D eigenvalue weighted by atomic mass is 10.0. The number of aromatic amines is 1. The number of aliphatic carboxylic acids is 1. The number of imidazole rings is 1. The summed E-state index contributed by atoms with van der Waals surface area (Å²) in [5.41, 5.74) is 1.22. The van der Waals surface area contributed by atoms with E-state index in [1.807, 2.05) is 6.07 Å². The van der Waals surface area contributed by atoms with Crippen molar-refractivity contribution < 1.29 is 38.7 Å². The Morgan fingerprint density at radius 2 is 1.76 bits per heavy atom. The highest BCUT2D eigenvalue weighted by atomic mass is 16.7. The standard InChI is InChI=1S/C25H31N9O8/c1-15(2)22(31-25(40)41-11-16-6-4-3-5-7-16)24(39)30-19(8-17-10-26-13-27-17)23(38)29-18(9-21(36)37)20(35)12-42-34-14-28-32-33-34/h3-7,10,13-15,18-19,22H,8-9,11-12H2,1-2H3,(H,26,27)(H,29,38)(H,30,39)(H,31,40)(H,36,37). The molecule has 3 aromatic rings. The predicted octanol–water partition coefficient (Wildman–Crippen LogP) is -0.968. The van der Waals surface area contributed by atoms with Gasteiger partial charge in [-0.2, -0.15) is 0 Å². The molecule has 0 spiro atoms. The molecule has 2 heterocycles. The SMILES string of the molecule is CC(C)C(NC(=O)OCc1ccccc1)C(=O)NC(Cc1cnc[nH]1)C(=O)NC(CC(=O)O)C(=O)COn1cnnn1. The molecule has 3 unspecified atom stereocenters. The molecule has 3 rings (SSSR count). The van der Waals surface area contributed by atoms with Gasteiger partial charge in [-0.05, 0) is 21.9 Å². The smallest absolute Gasteiger partial charge is 0.408 e. The van der Waals surface area contributed by atoms with Crippen molar-refractivity contribution in [2.75, 3.05) is 6.61 Å². The highest BCUT2D eigenvalue weighted by Gasteiger charge is 2.32. The third kappa shape index (κ3) is 10.00. The van der Waals surface area contributed by atoms with E-state index >= 15 is 0 Å². The van der Waals surface area contributed by atoms with Gasteiger partial charge in [-0.15, -0.1) is 5.10 Å². The fourth-order valence-corrected chi connectivity index (χ4v) is 3.65. The normalized spacial score (nSPS) is 12.9. The fourth-order valence-electron chi connectivity index (χ4n) is 3.65.